The summed E-state index contributed by atoms with van der Waals surface area (Å²) in [5.41, 5.74) is 0. The first-order chi connectivity index (χ1) is 47.3. The third-order valence-electron chi connectivity index (χ3n) is 18.7. The highest BCUT2D eigenvalue weighted by atomic mass is 16.8. The van der Waals surface area contributed by atoms with Crippen molar-refractivity contribution in [3.63, 3.8) is 0 Å². The maximum Gasteiger partial charge on any atom is 0.220 e. The van der Waals surface area contributed by atoms with Gasteiger partial charge < -0.3 is 89.9 Å². The normalized spacial score (nSPS) is 27.4. The highest BCUT2D eigenvalue weighted by Gasteiger charge is 2.53. The summed E-state index contributed by atoms with van der Waals surface area (Å²) in [4.78, 5) is 13.4. The number of hydrogen-bond acceptors (Lipinski definition) is 18. The van der Waals surface area contributed by atoms with Crippen molar-refractivity contribution in [2.75, 3.05) is 26.4 Å². The Bertz CT molecular complexity index is 2080. The van der Waals surface area contributed by atoms with Crippen molar-refractivity contribution >= 4 is 5.91 Å². The molecule has 0 aliphatic carbocycles. The van der Waals surface area contributed by atoms with Gasteiger partial charge in [-0.15, -0.1) is 0 Å². The van der Waals surface area contributed by atoms with Crippen LogP contribution >= 0.6 is 0 Å². The van der Waals surface area contributed by atoms with E-state index in [1.165, 1.54) is 167 Å². The summed E-state index contributed by atoms with van der Waals surface area (Å²) in [7, 11) is 0. The molecule has 0 aromatic carbocycles. The van der Waals surface area contributed by atoms with E-state index in [2.05, 4.69) is 92.1 Å². The van der Waals surface area contributed by atoms with Crippen LogP contribution in [0.2, 0.25) is 0 Å². The summed E-state index contributed by atoms with van der Waals surface area (Å²) >= 11 is 0. The quantitative estimate of drug-likeness (QED) is 0.0199. The van der Waals surface area contributed by atoms with Crippen molar-refractivity contribution in [3.8, 4) is 0 Å². The van der Waals surface area contributed by atoms with Crippen molar-refractivity contribution in [1.29, 1.82) is 0 Å². The molecule has 0 spiro atoms. The highest BCUT2D eigenvalue weighted by molar-refractivity contribution is 5.76. The zero-order valence-corrected chi connectivity index (χ0v) is 59.8. The van der Waals surface area contributed by atoms with Crippen LogP contribution in [0.25, 0.3) is 0 Å². The standard InChI is InChI=1S/C78H137NO18/c1-3-5-7-9-11-13-15-17-19-21-22-23-24-25-26-27-28-29-30-31-32-33-34-35-36-37-38-40-42-44-46-48-50-52-54-56-66(84)79-61(62(83)55-53-51-49-47-45-43-41-39-20-18-16-14-12-10-8-6-4-2)60-92-76-72(90)69(87)74(64(58-81)94-76)97-78-73(91)70(88)75(65(59-82)95-78)96-77-71(89)68(86)67(85)63(57-80)93-77/h5,7,11,13,17,19-20,22-23,39,45,47,53,55,61-65,67-78,80-83,85-91H,3-4,6,8-10,12,14-16,18,21,24-38,40-44,46,48-52,54,56-60H2,1-2H3,(H,79,84)/b7-5-,13-11-,19-17-,23-22-,39-20+,47-45+,55-53+. The molecule has 562 valence electrons. The van der Waals surface area contributed by atoms with Gasteiger partial charge in [0, 0.05) is 6.42 Å². The molecule has 17 unspecified atom stereocenters. The number of carbonyl (C=O) groups excluding carboxylic acids is 1. The van der Waals surface area contributed by atoms with Gasteiger partial charge in [0.1, 0.15) is 73.2 Å². The van der Waals surface area contributed by atoms with E-state index in [1.807, 2.05) is 6.08 Å². The van der Waals surface area contributed by atoms with Crippen LogP contribution in [0.1, 0.15) is 271 Å². The van der Waals surface area contributed by atoms with Gasteiger partial charge >= 0.3 is 0 Å². The molecule has 3 saturated heterocycles. The molecule has 19 heteroatoms. The monoisotopic (exact) mass is 1380 g/mol. The number of rotatable bonds is 59. The predicted octanol–water partition coefficient (Wildman–Crippen LogP) is 11.8. The minimum Gasteiger partial charge on any atom is -0.394 e. The molecule has 0 bridgehead atoms. The van der Waals surface area contributed by atoms with Gasteiger partial charge in [0.25, 0.3) is 0 Å². The molecule has 12 N–H and O–H groups in total. The molecule has 0 radical (unpaired) electrons. The first-order valence-corrected chi connectivity index (χ1v) is 38.3. The third kappa shape index (κ3) is 39.3. The van der Waals surface area contributed by atoms with E-state index in [1.54, 1.807) is 6.08 Å². The Balaban J connectivity index is 1.35. The van der Waals surface area contributed by atoms with Crippen LogP contribution in [-0.2, 0) is 33.2 Å². The average Bonchev–Trinajstić information content (AvgIpc) is 0.792. The predicted molar refractivity (Wildman–Crippen MR) is 383 cm³/mol. The SMILES string of the molecule is CC/C=C\C/C=C\C/C=C\C/C=C\CCCCCCCCCCCCCCCCCCCCCCCCC(=O)NC(COC1OC(CO)C(OC2OC(CO)C(OC3OC(CO)C(O)C(O)C3O)C(O)C2O)C(O)C1O)C(O)/C=C/CC/C=C/CC/C=C/CCCCCCCCC. The number of carbonyl (C=O) groups is 1. The summed E-state index contributed by atoms with van der Waals surface area (Å²) in [6.45, 7) is 1.60. The van der Waals surface area contributed by atoms with E-state index < -0.39 is 124 Å². The second-order valence-electron chi connectivity index (χ2n) is 27.1. The van der Waals surface area contributed by atoms with Crippen LogP contribution in [0.4, 0.5) is 0 Å². The van der Waals surface area contributed by atoms with E-state index in [-0.39, 0.29) is 18.9 Å². The van der Waals surface area contributed by atoms with Gasteiger partial charge in [0.2, 0.25) is 5.91 Å². The van der Waals surface area contributed by atoms with Crippen LogP contribution in [0, 0.1) is 0 Å². The van der Waals surface area contributed by atoms with Gasteiger partial charge in [0.15, 0.2) is 18.9 Å². The molecule has 3 rings (SSSR count). The van der Waals surface area contributed by atoms with Gasteiger partial charge in [-0.05, 0) is 83.5 Å². The van der Waals surface area contributed by atoms with Crippen LogP contribution in [0.15, 0.2) is 85.1 Å². The lowest BCUT2D eigenvalue weighted by Crippen LogP contribution is -2.66. The minimum atomic E-state index is -1.98. The van der Waals surface area contributed by atoms with Crippen LogP contribution < -0.4 is 5.32 Å². The maximum atomic E-state index is 13.4. The fraction of sp³-hybridized carbons (Fsp3) is 0.808. The Morgan fingerprint density at radius 3 is 1.15 bits per heavy atom. The lowest BCUT2D eigenvalue weighted by Gasteiger charge is -2.48. The van der Waals surface area contributed by atoms with Crippen molar-refractivity contribution < 1.29 is 89.4 Å². The second kappa shape index (κ2) is 58.5. The third-order valence-corrected chi connectivity index (χ3v) is 18.7. The number of allylic oxidation sites excluding steroid dienone is 13. The molecule has 1 amide bonds. The molecule has 17 atom stereocenters. The van der Waals surface area contributed by atoms with E-state index in [9.17, 15) is 61.0 Å². The van der Waals surface area contributed by atoms with Gasteiger partial charge in [0.05, 0.1) is 38.6 Å². The largest absolute Gasteiger partial charge is 0.394 e. The Kier molecular flexibility index (Phi) is 53.2. The molecule has 3 fully saturated rings. The van der Waals surface area contributed by atoms with Crippen LogP contribution in [0.3, 0.4) is 0 Å². The van der Waals surface area contributed by atoms with E-state index >= 15 is 0 Å². The van der Waals surface area contributed by atoms with Crippen LogP contribution in [-0.4, -0.2) is 193 Å². The molecule has 97 heavy (non-hydrogen) atoms. The number of nitrogens with one attached hydrogen (secondary N) is 1. The van der Waals surface area contributed by atoms with E-state index in [0.29, 0.717) is 12.8 Å². The first kappa shape index (κ1) is 88.2. The number of aliphatic hydroxyl groups is 11. The Morgan fingerprint density at radius 1 is 0.381 bits per heavy atom. The number of hydrogen-bond donors (Lipinski definition) is 12. The first-order valence-electron chi connectivity index (χ1n) is 38.3. The summed E-state index contributed by atoms with van der Waals surface area (Å²) < 4.78 is 34.4. The van der Waals surface area contributed by atoms with Crippen molar-refractivity contribution in [2.45, 2.75) is 375 Å². The molecule has 0 aromatic rings. The fourth-order valence-electron chi connectivity index (χ4n) is 12.5. The lowest BCUT2D eigenvalue weighted by atomic mass is 9.96. The molecular weight excluding hydrogens is 1240 g/mol. The number of amides is 1. The summed E-state index contributed by atoms with van der Waals surface area (Å²) in [6, 6.07) is -0.999. The summed E-state index contributed by atoms with van der Waals surface area (Å²) in [6.07, 6.45) is 50.1. The lowest BCUT2D eigenvalue weighted by molar-refractivity contribution is -0.379. The average molecular weight is 1380 g/mol. The Hall–Kier alpha value is -3.03. The molecule has 3 heterocycles. The molecule has 0 aromatic heterocycles. The van der Waals surface area contributed by atoms with E-state index in [0.717, 1.165) is 70.6 Å². The zero-order valence-electron chi connectivity index (χ0n) is 59.8. The second-order valence-corrected chi connectivity index (χ2v) is 27.1. The number of aliphatic hydroxyl groups excluding tert-OH is 11. The molecule has 3 aliphatic rings. The summed E-state index contributed by atoms with van der Waals surface area (Å²) in [5.74, 6) is -0.288. The number of unbranched alkanes of at least 4 members (excludes halogenated alkanes) is 31. The maximum absolute atomic E-state index is 13.4. The zero-order chi connectivity index (χ0) is 70.4. The minimum absolute atomic E-state index is 0.232. The number of ether oxygens (including phenoxy) is 6. The highest BCUT2D eigenvalue weighted by Crippen LogP contribution is 2.33. The molecule has 19 nitrogen and oxygen atoms in total. The van der Waals surface area contributed by atoms with Crippen molar-refractivity contribution in [1.82, 2.24) is 5.32 Å². The van der Waals surface area contributed by atoms with Crippen molar-refractivity contribution in [2.24, 2.45) is 0 Å². The summed E-state index contributed by atoms with van der Waals surface area (Å²) in [5, 5.41) is 121. The van der Waals surface area contributed by atoms with Gasteiger partial charge in [-0.2, -0.15) is 0 Å². The topological polar surface area (TPSA) is 307 Å². The Labute approximate surface area is 584 Å². The van der Waals surface area contributed by atoms with Crippen molar-refractivity contribution in [3.05, 3.63) is 85.1 Å². The molecule has 3 aliphatic heterocycles. The van der Waals surface area contributed by atoms with Gasteiger partial charge in [-0.25, -0.2) is 0 Å². The molecule has 0 saturated carbocycles. The smallest absolute Gasteiger partial charge is 0.220 e. The van der Waals surface area contributed by atoms with E-state index in [4.69, 9.17) is 28.4 Å². The van der Waals surface area contributed by atoms with Crippen LogP contribution in [0.5, 0.6) is 0 Å². The van der Waals surface area contributed by atoms with Gasteiger partial charge in [-0.1, -0.05) is 266 Å². The molecular formula is C78H137NO18. The fourth-order valence-corrected chi connectivity index (χ4v) is 12.5. The Morgan fingerprint density at radius 2 is 0.722 bits per heavy atom. The van der Waals surface area contributed by atoms with Gasteiger partial charge in [-0.3, -0.25) is 4.79 Å².